The van der Waals surface area contributed by atoms with Crippen molar-refractivity contribution in [2.45, 2.75) is 19.4 Å². The third-order valence-electron chi connectivity index (χ3n) is 1.16. The van der Waals surface area contributed by atoms with E-state index in [1.165, 1.54) is 0 Å². The molecule has 0 saturated heterocycles. The molecule has 0 saturated carbocycles. The fourth-order valence-corrected chi connectivity index (χ4v) is 0.916. The number of nitrogens with zero attached hydrogens (tertiary/aromatic N) is 1. The number of hydrogen-bond donors (Lipinski definition) is 2. The molecule has 0 bridgehead atoms. The Kier molecular flexibility index (Phi) is 6.22. The van der Waals surface area contributed by atoms with Crippen LogP contribution in [0, 0.1) is 0 Å². The fourth-order valence-electron chi connectivity index (χ4n) is 0.626. The highest BCUT2D eigenvalue weighted by molar-refractivity contribution is 9.10. The average Bonchev–Trinajstić information content (AvgIpc) is 2.11. The molecule has 3 N–H and O–H groups in total. The molecule has 0 aromatic carbocycles. The zero-order valence-electron chi connectivity index (χ0n) is 6.80. The van der Waals surface area contributed by atoms with Crippen LogP contribution in [-0.2, 0) is 5.54 Å². The number of nitrogens with two attached hydrogens (primary N) is 1. The van der Waals surface area contributed by atoms with Crippen molar-refractivity contribution in [1.29, 1.82) is 0 Å². The number of halogens is 3. The van der Waals surface area contributed by atoms with Crippen molar-refractivity contribution < 1.29 is 0 Å². The molecule has 0 aliphatic heterocycles. The Morgan fingerprint density at radius 2 is 2.00 bits per heavy atom. The number of hydrogen-bond acceptors (Lipinski definition) is 2. The molecule has 0 aliphatic rings. The number of H-pyrrole nitrogens is 1. The van der Waals surface area contributed by atoms with Gasteiger partial charge < -0.3 is 10.7 Å². The summed E-state index contributed by atoms with van der Waals surface area (Å²) in [6.07, 6.45) is 1.70. The number of imidazole rings is 1. The molecule has 1 rings (SSSR count). The molecule has 0 fully saturated rings. The van der Waals surface area contributed by atoms with Gasteiger partial charge in [0.05, 0.1) is 11.7 Å². The maximum absolute atomic E-state index is 5.76. The van der Waals surface area contributed by atoms with Crippen molar-refractivity contribution in [2.75, 3.05) is 0 Å². The summed E-state index contributed by atoms with van der Waals surface area (Å²) in [5.41, 5.74) is 5.37. The molecule has 0 radical (unpaired) electrons. The maximum atomic E-state index is 5.76. The van der Waals surface area contributed by atoms with E-state index < -0.39 is 0 Å². The van der Waals surface area contributed by atoms with Crippen molar-refractivity contribution in [1.82, 2.24) is 9.97 Å². The molecule has 0 aliphatic carbocycles. The van der Waals surface area contributed by atoms with E-state index >= 15 is 0 Å². The Morgan fingerprint density at radius 3 is 2.17 bits per heavy atom. The maximum Gasteiger partial charge on any atom is 0.126 e. The van der Waals surface area contributed by atoms with Gasteiger partial charge in [-0.2, -0.15) is 0 Å². The summed E-state index contributed by atoms with van der Waals surface area (Å²) in [7, 11) is 0. The third kappa shape index (κ3) is 3.76. The molecule has 72 valence electrons. The van der Waals surface area contributed by atoms with E-state index in [2.05, 4.69) is 25.9 Å². The Labute approximate surface area is 92.5 Å². The Bertz CT molecular complexity index is 231. The highest BCUT2D eigenvalue weighted by Gasteiger charge is 2.16. The van der Waals surface area contributed by atoms with Crippen molar-refractivity contribution in [3.8, 4) is 0 Å². The summed E-state index contributed by atoms with van der Waals surface area (Å²) in [6, 6.07) is 0. The minimum atomic E-state index is -0.383. The zero-order valence-corrected chi connectivity index (χ0v) is 10.0. The zero-order chi connectivity index (χ0) is 7.78. The van der Waals surface area contributed by atoms with Gasteiger partial charge in [-0.1, -0.05) is 0 Å². The smallest absolute Gasteiger partial charge is 0.126 e. The van der Waals surface area contributed by atoms with Crippen molar-refractivity contribution in [3.05, 3.63) is 16.6 Å². The summed E-state index contributed by atoms with van der Waals surface area (Å²) in [6.45, 7) is 3.80. The van der Waals surface area contributed by atoms with E-state index in [9.17, 15) is 0 Å². The van der Waals surface area contributed by atoms with Gasteiger partial charge in [-0.05, 0) is 29.8 Å². The lowest BCUT2D eigenvalue weighted by Crippen LogP contribution is -2.30. The lowest BCUT2D eigenvalue weighted by atomic mass is 10.1. The minimum absolute atomic E-state index is 0. The Balaban J connectivity index is 0. The monoisotopic (exact) mass is 275 g/mol. The highest BCUT2D eigenvalue weighted by Crippen LogP contribution is 2.14. The molecule has 0 amide bonds. The summed E-state index contributed by atoms with van der Waals surface area (Å²) in [5, 5.41) is 0. The first-order valence-corrected chi connectivity index (χ1v) is 3.79. The number of rotatable bonds is 1. The predicted octanol–water partition coefficient (Wildman–Crippen LogP) is 2.21. The number of aromatic amines is 1. The van der Waals surface area contributed by atoms with Crippen molar-refractivity contribution >= 4 is 40.7 Å². The molecule has 1 heterocycles. The molecule has 0 unspecified atom stereocenters. The molecule has 1 aromatic rings. The van der Waals surface area contributed by atoms with Gasteiger partial charge in [-0.25, -0.2) is 4.98 Å². The molecule has 3 nitrogen and oxygen atoms in total. The van der Waals surface area contributed by atoms with Crippen LogP contribution in [0.5, 0.6) is 0 Å². The van der Waals surface area contributed by atoms with Gasteiger partial charge in [0.1, 0.15) is 10.4 Å². The largest absolute Gasteiger partial charge is 0.335 e. The summed E-state index contributed by atoms with van der Waals surface area (Å²) in [5.74, 6) is 0.791. The van der Waals surface area contributed by atoms with Crippen molar-refractivity contribution in [3.63, 3.8) is 0 Å². The SMILES string of the molecule is CC(C)(N)c1ncc(Br)[nH]1.Cl.Cl. The van der Waals surface area contributed by atoms with Crippen LogP contribution in [0.3, 0.4) is 0 Å². The number of aromatic nitrogens is 2. The minimum Gasteiger partial charge on any atom is -0.335 e. The van der Waals surface area contributed by atoms with Crippen LogP contribution in [0.15, 0.2) is 10.8 Å². The van der Waals surface area contributed by atoms with Crippen LogP contribution in [0.25, 0.3) is 0 Å². The lowest BCUT2D eigenvalue weighted by Gasteiger charge is -2.13. The first-order chi connectivity index (χ1) is 4.50. The second-order valence-corrected chi connectivity index (χ2v) is 3.66. The van der Waals surface area contributed by atoms with Crippen LogP contribution in [0.1, 0.15) is 19.7 Å². The quantitative estimate of drug-likeness (QED) is 0.826. The van der Waals surface area contributed by atoms with E-state index in [1.807, 2.05) is 13.8 Å². The summed E-state index contributed by atoms with van der Waals surface area (Å²) < 4.78 is 0.862. The molecule has 0 atom stereocenters. The molecule has 12 heavy (non-hydrogen) atoms. The summed E-state index contributed by atoms with van der Waals surface area (Å²) in [4.78, 5) is 7.06. The molecule has 6 heteroatoms. The lowest BCUT2D eigenvalue weighted by molar-refractivity contribution is 0.519. The van der Waals surface area contributed by atoms with Gasteiger partial charge >= 0.3 is 0 Å². The van der Waals surface area contributed by atoms with Gasteiger partial charge in [0.25, 0.3) is 0 Å². The van der Waals surface area contributed by atoms with Crippen LogP contribution >= 0.6 is 40.7 Å². The normalized spacial score (nSPS) is 10.0. The van der Waals surface area contributed by atoms with Crippen LogP contribution < -0.4 is 5.73 Å². The van der Waals surface area contributed by atoms with Gasteiger partial charge in [-0.3, -0.25) is 0 Å². The molecule has 1 aromatic heterocycles. The Morgan fingerprint density at radius 1 is 1.50 bits per heavy atom. The van der Waals surface area contributed by atoms with Crippen LogP contribution in [-0.4, -0.2) is 9.97 Å². The van der Waals surface area contributed by atoms with E-state index in [4.69, 9.17) is 5.73 Å². The van der Waals surface area contributed by atoms with E-state index in [0.29, 0.717) is 0 Å². The van der Waals surface area contributed by atoms with E-state index in [1.54, 1.807) is 6.20 Å². The van der Waals surface area contributed by atoms with E-state index in [-0.39, 0.29) is 30.4 Å². The second-order valence-electron chi connectivity index (χ2n) is 2.80. The van der Waals surface area contributed by atoms with Gasteiger partial charge in [0, 0.05) is 0 Å². The fraction of sp³-hybridized carbons (Fsp3) is 0.500. The highest BCUT2D eigenvalue weighted by atomic mass is 79.9. The number of nitrogens with one attached hydrogen (secondary N) is 1. The van der Waals surface area contributed by atoms with Crippen LogP contribution in [0.4, 0.5) is 0 Å². The summed E-state index contributed by atoms with van der Waals surface area (Å²) >= 11 is 3.25. The first-order valence-electron chi connectivity index (χ1n) is 3.00. The standard InChI is InChI=1S/C6H10BrN3.2ClH/c1-6(2,8)5-9-3-4(7)10-5;;/h3H,8H2,1-2H3,(H,9,10);2*1H. The predicted molar refractivity (Wildman–Crippen MR) is 58.0 cm³/mol. The van der Waals surface area contributed by atoms with Gasteiger partial charge in [0.2, 0.25) is 0 Å². The Hall–Kier alpha value is 0.230. The van der Waals surface area contributed by atoms with Gasteiger partial charge in [-0.15, -0.1) is 24.8 Å². The van der Waals surface area contributed by atoms with Crippen molar-refractivity contribution in [2.24, 2.45) is 5.73 Å². The second kappa shape index (κ2) is 5.07. The molecular formula is C6H12BrCl2N3. The molecule has 0 spiro atoms. The van der Waals surface area contributed by atoms with Gasteiger partial charge in [0.15, 0.2) is 0 Å². The molecular weight excluding hydrogens is 265 g/mol. The van der Waals surface area contributed by atoms with Crippen LogP contribution in [0.2, 0.25) is 0 Å². The topological polar surface area (TPSA) is 54.7 Å². The average molecular weight is 277 g/mol. The first kappa shape index (κ1) is 14.7. The van der Waals surface area contributed by atoms with E-state index in [0.717, 1.165) is 10.4 Å². The third-order valence-corrected chi connectivity index (χ3v) is 1.56.